The van der Waals surface area contributed by atoms with E-state index in [4.69, 9.17) is 0 Å². The van der Waals surface area contributed by atoms with E-state index < -0.39 is 0 Å². The molecule has 2 N–H and O–H groups in total. The van der Waals surface area contributed by atoms with Crippen LogP contribution in [0.25, 0.3) is 0 Å². The second kappa shape index (κ2) is 10.7. The number of benzene rings is 1. The molecule has 1 aliphatic heterocycles. The van der Waals surface area contributed by atoms with Crippen LogP contribution in [-0.4, -0.2) is 36.0 Å². The monoisotopic (exact) mass is 365 g/mol. The van der Waals surface area contributed by atoms with E-state index in [1.54, 1.807) is 7.05 Å². The summed E-state index contributed by atoms with van der Waals surface area (Å²) in [6.07, 6.45) is 7.21. The highest BCUT2D eigenvalue weighted by Crippen LogP contribution is 2.16. The standard InChI is InChI=1S/C22H31N5/c1-23-22(26-17-21-12-6-7-13-24-21)25-16-19-10-4-5-11-20(19)18-27-14-8-2-3-9-15-27/h4-7,10-13H,2-3,8-9,14-18H2,1H3,(H2,23,25,26). The van der Waals surface area contributed by atoms with Gasteiger partial charge in [-0.1, -0.05) is 43.2 Å². The first-order valence-electron chi connectivity index (χ1n) is 9.99. The molecule has 1 aromatic heterocycles. The van der Waals surface area contributed by atoms with Crippen LogP contribution >= 0.6 is 0 Å². The number of rotatable bonds is 6. The average Bonchev–Trinajstić information content (AvgIpc) is 2.99. The lowest BCUT2D eigenvalue weighted by molar-refractivity contribution is 0.276. The van der Waals surface area contributed by atoms with Crippen molar-refractivity contribution in [3.05, 3.63) is 65.5 Å². The summed E-state index contributed by atoms with van der Waals surface area (Å²) in [5.74, 6) is 0.797. The zero-order valence-corrected chi connectivity index (χ0v) is 16.3. The van der Waals surface area contributed by atoms with Crippen molar-refractivity contribution in [2.24, 2.45) is 4.99 Å². The largest absolute Gasteiger partial charge is 0.352 e. The predicted molar refractivity (Wildman–Crippen MR) is 111 cm³/mol. The van der Waals surface area contributed by atoms with Crippen LogP contribution in [0.3, 0.4) is 0 Å². The molecule has 0 bridgehead atoms. The molecule has 1 aliphatic rings. The first kappa shape index (κ1) is 19.4. The van der Waals surface area contributed by atoms with E-state index in [2.05, 4.69) is 49.8 Å². The highest BCUT2D eigenvalue weighted by Gasteiger charge is 2.11. The smallest absolute Gasteiger partial charge is 0.191 e. The van der Waals surface area contributed by atoms with Crippen LogP contribution in [0.2, 0.25) is 0 Å². The molecule has 0 spiro atoms. The summed E-state index contributed by atoms with van der Waals surface area (Å²) in [5, 5.41) is 6.77. The molecule has 1 saturated heterocycles. The summed E-state index contributed by atoms with van der Waals surface area (Å²) in [4.78, 5) is 11.3. The van der Waals surface area contributed by atoms with Gasteiger partial charge in [-0.05, 0) is 49.2 Å². The second-order valence-electron chi connectivity index (χ2n) is 7.06. The van der Waals surface area contributed by atoms with Crippen molar-refractivity contribution >= 4 is 5.96 Å². The van der Waals surface area contributed by atoms with Gasteiger partial charge < -0.3 is 10.6 Å². The summed E-state index contributed by atoms with van der Waals surface area (Å²) in [6.45, 7) is 4.91. The van der Waals surface area contributed by atoms with Gasteiger partial charge in [0.1, 0.15) is 0 Å². The summed E-state index contributed by atoms with van der Waals surface area (Å²) in [7, 11) is 1.80. The minimum absolute atomic E-state index is 0.663. The Morgan fingerprint density at radius 2 is 1.63 bits per heavy atom. The molecule has 2 heterocycles. The Morgan fingerprint density at radius 1 is 0.926 bits per heavy atom. The summed E-state index contributed by atoms with van der Waals surface area (Å²) < 4.78 is 0. The molecule has 27 heavy (non-hydrogen) atoms. The Kier molecular flexibility index (Phi) is 7.66. The maximum atomic E-state index is 4.34. The van der Waals surface area contributed by atoms with Crippen LogP contribution in [0.5, 0.6) is 0 Å². The van der Waals surface area contributed by atoms with E-state index in [0.717, 1.165) is 24.7 Å². The molecule has 0 atom stereocenters. The molecular weight excluding hydrogens is 334 g/mol. The Bertz CT molecular complexity index is 706. The molecule has 1 fully saturated rings. The zero-order valence-electron chi connectivity index (χ0n) is 16.3. The molecule has 0 aliphatic carbocycles. The van der Waals surface area contributed by atoms with Crippen molar-refractivity contribution < 1.29 is 0 Å². The third-order valence-electron chi connectivity index (χ3n) is 5.04. The minimum Gasteiger partial charge on any atom is -0.352 e. The Hall–Kier alpha value is -2.40. The normalized spacial score (nSPS) is 16.0. The Labute approximate surface area is 162 Å². The van der Waals surface area contributed by atoms with E-state index >= 15 is 0 Å². The van der Waals surface area contributed by atoms with Crippen LogP contribution in [0.1, 0.15) is 42.5 Å². The third-order valence-corrected chi connectivity index (χ3v) is 5.04. The van der Waals surface area contributed by atoms with Gasteiger partial charge in [0.2, 0.25) is 0 Å². The summed E-state index contributed by atoms with van der Waals surface area (Å²) in [6, 6.07) is 14.7. The lowest BCUT2D eigenvalue weighted by atomic mass is 10.1. The van der Waals surface area contributed by atoms with E-state index in [-0.39, 0.29) is 0 Å². The topological polar surface area (TPSA) is 52.6 Å². The fraction of sp³-hybridized carbons (Fsp3) is 0.455. The van der Waals surface area contributed by atoms with Crippen molar-refractivity contribution in [2.75, 3.05) is 20.1 Å². The van der Waals surface area contributed by atoms with Crippen molar-refractivity contribution in [1.29, 1.82) is 0 Å². The number of guanidine groups is 1. The molecule has 0 unspecified atom stereocenters. The highest BCUT2D eigenvalue weighted by atomic mass is 15.2. The highest BCUT2D eigenvalue weighted by molar-refractivity contribution is 5.79. The van der Waals surface area contributed by atoms with Crippen molar-refractivity contribution in [1.82, 2.24) is 20.5 Å². The van der Waals surface area contributed by atoms with Gasteiger partial charge in [-0.2, -0.15) is 0 Å². The molecule has 1 aromatic carbocycles. The molecule has 5 nitrogen and oxygen atoms in total. The number of nitrogens with zero attached hydrogens (tertiary/aromatic N) is 3. The Morgan fingerprint density at radius 3 is 2.33 bits per heavy atom. The molecule has 5 heteroatoms. The van der Waals surface area contributed by atoms with E-state index in [9.17, 15) is 0 Å². The molecular formula is C22H31N5. The van der Waals surface area contributed by atoms with E-state index in [1.807, 2.05) is 24.4 Å². The van der Waals surface area contributed by atoms with Gasteiger partial charge in [-0.15, -0.1) is 0 Å². The van der Waals surface area contributed by atoms with E-state index in [0.29, 0.717) is 6.54 Å². The molecule has 2 aromatic rings. The molecule has 144 valence electrons. The lowest BCUT2D eigenvalue weighted by Gasteiger charge is -2.22. The van der Waals surface area contributed by atoms with Crippen LogP contribution < -0.4 is 10.6 Å². The van der Waals surface area contributed by atoms with Gasteiger partial charge in [0.25, 0.3) is 0 Å². The maximum absolute atomic E-state index is 4.34. The van der Waals surface area contributed by atoms with Gasteiger partial charge in [0.15, 0.2) is 5.96 Å². The number of likely N-dealkylation sites (tertiary alicyclic amines) is 1. The van der Waals surface area contributed by atoms with Gasteiger partial charge in [0.05, 0.1) is 12.2 Å². The second-order valence-corrected chi connectivity index (χ2v) is 7.06. The number of aliphatic imine (C=N–C) groups is 1. The number of nitrogens with one attached hydrogen (secondary N) is 2. The van der Waals surface area contributed by atoms with Gasteiger partial charge in [-0.3, -0.25) is 14.9 Å². The van der Waals surface area contributed by atoms with Crippen molar-refractivity contribution in [3.63, 3.8) is 0 Å². The zero-order chi connectivity index (χ0) is 18.7. The average molecular weight is 366 g/mol. The van der Waals surface area contributed by atoms with Crippen molar-refractivity contribution in [3.8, 4) is 0 Å². The van der Waals surface area contributed by atoms with Crippen molar-refractivity contribution in [2.45, 2.75) is 45.3 Å². The first-order valence-corrected chi connectivity index (χ1v) is 9.99. The fourth-order valence-corrected chi connectivity index (χ4v) is 3.50. The molecule has 3 rings (SSSR count). The van der Waals surface area contributed by atoms with E-state index in [1.165, 1.54) is 49.9 Å². The van der Waals surface area contributed by atoms with Crippen LogP contribution in [-0.2, 0) is 19.6 Å². The first-order chi connectivity index (χ1) is 13.3. The molecule has 0 amide bonds. The molecule has 0 radical (unpaired) electrons. The SMILES string of the molecule is CN=C(NCc1ccccn1)NCc1ccccc1CN1CCCCCC1. The quantitative estimate of drug-likeness (QED) is 0.609. The fourth-order valence-electron chi connectivity index (χ4n) is 3.50. The van der Waals surface area contributed by atoms with Crippen LogP contribution in [0.4, 0.5) is 0 Å². The van der Waals surface area contributed by atoms with Gasteiger partial charge in [0, 0.05) is 26.3 Å². The van der Waals surface area contributed by atoms with Gasteiger partial charge in [-0.25, -0.2) is 0 Å². The summed E-state index contributed by atoms with van der Waals surface area (Å²) in [5.41, 5.74) is 3.75. The van der Waals surface area contributed by atoms with Crippen LogP contribution in [0.15, 0.2) is 53.7 Å². The lowest BCUT2D eigenvalue weighted by Crippen LogP contribution is -2.36. The summed E-state index contributed by atoms with van der Waals surface area (Å²) >= 11 is 0. The maximum Gasteiger partial charge on any atom is 0.191 e. The van der Waals surface area contributed by atoms with Gasteiger partial charge >= 0.3 is 0 Å². The predicted octanol–water partition coefficient (Wildman–Crippen LogP) is 3.32. The Balaban J connectivity index is 1.54. The number of aromatic nitrogens is 1. The third kappa shape index (κ3) is 6.36. The number of hydrogen-bond donors (Lipinski definition) is 2. The van der Waals surface area contributed by atoms with Crippen LogP contribution in [0, 0.1) is 0 Å². The number of hydrogen-bond acceptors (Lipinski definition) is 3. The number of pyridine rings is 1. The minimum atomic E-state index is 0.663. The molecule has 0 saturated carbocycles.